The van der Waals surface area contributed by atoms with E-state index < -0.39 is 5.97 Å². The Balaban J connectivity index is 2.23. The predicted octanol–water partition coefficient (Wildman–Crippen LogP) is 4.17. The van der Waals surface area contributed by atoms with Crippen LogP contribution < -0.4 is 5.32 Å². The number of nitrogens with one attached hydrogen (secondary N) is 1. The Morgan fingerprint density at radius 1 is 1.10 bits per heavy atom. The molecule has 1 unspecified atom stereocenters. The summed E-state index contributed by atoms with van der Waals surface area (Å²) in [7, 11) is 0. The Morgan fingerprint density at radius 3 is 2.35 bits per heavy atom. The number of carboxylic acids is 1. The molecule has 0 aliphatic heterocycles. The third-order valence-corrected chi connectivity index (χ3v) is 3.51. The summed E-state index contributed by atoms with van der Waals surface area (Å²) in [6.07, 6.45) is 0. The predicted molar refractivity (Wildman–Crippen MR) is 81.4 cm³/mol. The van der Waals surface area contributed by atoms with Crippen molar-refractivity contribution in [2.45, 2.75) is 26.8 Å². The van der Waals surface area contributed by atoms with E-state index in [9.17, 15) is 4.79 Å². The standard InChI is InChI=1S/C17H19NO2/c1-11-7-9-14(10-8-11)13(3)18-16-6-4-5-15(12(16)2)17(19)20/h4-10,13,18H,1-3H3,(H,19,20). The fourth-order valence-corrected chi connectivity index (χ4v) is 2.20. The Morgan fingerprint density at radius 2 is 1.75 bits per heavy atom. The molecule has 1 atom stereocenters. The Labute approximate surface area is 119 Å². The molecule has 0 radical (unpaired) electrons. The third kappa shape index (κ3) is 2.99. The van der Waals surface area contributed by atoms with E-state index >= 15 is 0 Å². The highest BCUT2D eigenvalue weighted by Gasteiger charge is 2.12. The average Bonchev–Trinajstić information content (AvgIpc) is 2.41. The van der Waals surface area contributed by atoms with Crippen LogP contribution in [0.1, 0.15) is 40.0 Å². The minimum Gasteiger partial charge on any atom is -0.478 e. The van der Waals surface area contributed by atoms with E-state index in [1.54, 1.807) is 12.1 Å². The number of benzene rings is 2. The largest absolute Gasteiger partial charge is 0.478 e. The lowest BCUT2D eigenvalue weighted by atomic mass is 10.0. The highest BCUT2D eigenvalue weighted by molar-refractivity contribution is 5.91. The van der Waals surface area contributed by atoms with Gasteiger partial charge in [0.25, 0.3) is 0 Å². The van der Waals surface area contributed by atoms with Crippen LogP contribution in [0.3, 0.4) is 0 Å². The maximum Gasteiger partial charge on any atom is 0.336 e. The minimum atomic E-state index is -0.894. The lowest BCUT2D eigenvalue weighted by molar-refractivity contribution is 0.0696. The smallest absolute Gasteiger partial charge is 0.336 e. The lowest BCUT2D eigenvalue weighted by Crippen LogP contribution is -2.09. The fourth-order valence-electron chi connectivity index (χ4n) is 2.20. The van der Waals surface area contributed by atoms with Crippen molar-refractivity contribution >= 4 is 11.7 Å². The van der Waals surface area contributed by atoms with E-state index in [1.165, 1.54) is 11.1 Å². The zero-order valence-electron chi connectivity index (χ0n) is 12.0. The molecule has 104 valence electrons. The van der Waals surface area contributed by atoms with Crippen molar-refractivity contribution < 1.29 is 9.90 Å². The maximum absolute atomic E-state index is 11.1. The van der Waals surface area contributed by atoms with Crippen molar-refractivity contribution in [1.82, 2.24) is 0 Å². The molecule has 0 aliphatic carbocycles. The van der Waals surface area contributed by atoms with Crippen LogP contribution in [-0.2, 0) is 0 Å². The molecule has 20 heavy (non-hydrogen) atoms. The number of carboxylic acid groups (broad SMARTS) is 1. The first-order valence-corrected chi connectivity index (χ1v) is 6.65. The number of rotatable bonds is 4. The zero-order valence-corrected chi connectivity index (χ0v) is 12.0. The van der Waals surface area contributed by atoms with Gasteiger partial charge in [-0.15, -0.1) is 0 Å². The number of aryl methyl sites for hydroxylation is 1. The van der Waals surface area contributed by atoms with Crippen LogP contribution in [0.25, 0.3) is 0 Å². The summed E-state index contributed by atoms with van der Waals surface area (Å²) < 4.78 is 0. The molecule has 0 bridgehead atoms. The summed E-state index contributed by atoms with van der Waals surface area (Å²) in [5.74, 6) is -0.894. The minimum absolute atomic E-state index is 0.123. The van der Waals surface area contributed by atoms with Gasteiger partial charge in [-0.1, -0.05) is 35.9 Å². The van der Waals surface area contributed by atoms with Gasteiger partial charge in [0.1, 0.15) is 0 Å². The molecule has 0 heterocycles. The normalized spacial score (nSPS) is 11.9. The van der Waals surface area contributed by atoms with Crippen LogP contribution in [0.5, 0.6) is 0 Å². The van der Waals surface area contributed by atoms with Gasteiger partial charge in [0.2, 0.25) is 0 Å². The fraction of sp³-hybridized carbons (Fsp3) is 0.235. The van der Waals surface area contributed by atoms with Gasteiger partial charge >= 0.3 is 5.97 Å². The van der Waals surface area contributed by atoms with Crippen LogP contribution in [0, 0.1) is 13.8 Å². The van der Waals surface area contributed by atoms with Gasteiger partial charge in [0.05, 0.1) is 5.56 Å². The van der Waals surface area contributed by atoms with E-state index in [2.05, 4.69) is 43.4 Å². The van der Waals surface area contributed by atoms with Crippen molar-refractivity contribution in [3.05, 3.63) is 64.7 Å². The van der Waals surface area contributed by atoms with Crippen molar-refractivity contribution in [2.24, 2.45) is 0 Å². The molecule has 0 saturated heterocycles. The average molecular weight is 269 g/mol. The molecule has 0 aromatic heterocycles. The van der Waals surface area contributed by atoms with E-state index in [-0.39, 0.29) is 6.04 Å². The molecule has 2 aromatic rings. The highest BCUT2D eigenvalue weighted by atomic mass is 16.4. The third-order valence-electron chi connectivity index (χ3n) is 3.51. The first kappa shape index (κ1) is 14.1. The number of carbonyl (C=O) groups is 1. The van der Waals surface area contributed by atoms with Crippen LogP contribution in [0.15, 0.2) is 42.5 Å². The van der Waals surface area contributed by atoms with Gasteiger partial charge in [-0.25, -0.2) is 4.79 Å². The molecule has 0 fully saturated rings. The van der Waals surface area contributed by atoms with Gasteiger partial charge in [-0.05, 0) is 44.0 Å². The topological polar surface area (TPSA) is 49.3 Å². The van der Waals surface area contributed by atoms with Crippen LogP contribution in [0.2, 0.25) is 0 Å². The van der Waals surface area contributed by atoms with Gasteiger partial charge in [0.15, 0.2) is 0 Å². The van der Waals surface area contributed by atoms with Gasteiger partial charge in [0, 0.05) is 11.7 Å². The van der Waals surface area contributed by atoms with Crippen molar-refractivity contribution in [2.75, 3.05) is 5.32 Å². The van der Waals surface area contributed by atoms with E-state index in [1.807, 2.05) is 13.0 Å². The summed E-state index contributed by atoms with van der Waals surface area (Å²) in [6, 6.07) is 13.7. The summed E-state index contributed by atoms with van der Waals surface area (Å²) in [5, 5.41) is 12.5. The molecule has 0 saturated carbocycles. The van der Waals surface area contributed by atoms with Crippen LogP contribution in [-0.4, -0.2) is 11.1 Å². The van der Waals surface area contributed by atoms with Crippen molar-refractivity contribution in [3.8, 4) is 0 Å². The number of anilines is 1. The second-order valence-corrected chi connectivity index (χ2v) is 5.06. The molecule has 0 spiro atoms. The Bertz CT molecular complexity index is 617. The zero-order chi connectivity index (χ0) is 14.7. The number of aromatic carboxylic acids is 1. The summed E-state index contributed by atoms with van der Waals surface area (Å²) in [6.45, 7) is 5.95. The van der Waals surface area contributed by atoms with Gasteiger partial charge in [-0.3, -0.25) is 0 Å². The Kier molecular flexibility index (Phi) is 4.08. The van der Waals surface area contributed by atoms with Crippen LogP contribution >= 0.6 is 0 Å². The molecular weight excluding hydrogens is 250 g/mol. The van der Waals surface area contributed by atoms with Crippen molar-refractivity contribution in [3.63, 3.8) is 0 Å². The van der Waals surface area contributed by atoms with E-state index in [4.69, 9.17) is 5.11 Å². The van der Waals surface area contributed by atoms with Crippen LogP contribution in [0.4, 0.5) is 5.69 Å². The SMILES string of the molecule is Cc1ccc(C(C)Nc2cccc(C(=O)O)c2C)cc1. The summed E-state index contributed by atoms with van der Waals surface area (Å²) in [5.41, 5.74) is 4.36. The van der Waals surface area contributed by atoms with E-state index in [0.717, 1.165) is 11.3 Å². The van der Waals surface area contributed by atoms with Crippen molar-refractivity contribution in [1.29, 1.82) is 0 Å². The number of hydrogen-bond donors (Lipinski definition) is 2. The quantitative estimate of drug-likeness (QED) is 0.875. The van der Waals surface area contributed by atoms with E-state index in [0.29, 0.717) is 5.56 Å². The molecule has 2 rings (SSSR count). The molecule has 0 aliphatic rings. The summed E-state index contributed by atoms with van der Waals surface area (Å²) in [4.78, 5) is 11.1. The molecule has 0 amide bonds. The first-order valence-electron chi connectivity index (χ1n) is 6.65. The molecular formula is C17H19NO2. The monoisotopic (exact) mass is 269 g/mol. The Hall–Kier alpha value is -2.29. The lowest BCUT2D eigenvalue weighted by Gasteiger charge is -2.18. The molecule has 2 N–H and O–H groups in total. The van der Waals surface area contributed by atoms with Gasteiger partial charge < -0.3 is 10.4 Å². The summed E-state index contributed by atoms with van der Waals surface area (Å²) >= 11 is 0. The number of hydrogen-bond acceptors (Lipinski definition) is 2. The first-order chi connectivity index (χ1) is 9.49. The second kappa shape index (κ2) is 5.78. The highest BCUT2D eigenvalue weighted by Crippen LogP contribution is 2.24. The molecule has 3 heteroatoms. The molecule has 3 nitrogen and oxygen atoms in total. The second-order valence-electron chi connectivity index (χ2n) is 5.06. The van der Waals surface area contributed by atoms with Gasteiger partial charge in [-0.2, -0.15) is 0 Å². The molecule has 2 aromatic carbocycles. The maximum atomic E-state index is 11.1.